The first-order chi connectivity index (χ1) is 17.2. The fourth-order valence-corrected chi connectivity index (χ4v) is 5.04. The number of nitrogens with zero attached hydrogens (tertiary/aromatic N) is 2. The van der Waals surface area contributed by atoms with Crippen LogP contribution in [-0.2, 0) is 24.2 Å². The Morgan fingerprint density at radius 1 is 1.11 bits per heavy atom. The van der Waals surface area contributed by atoms with Crippen LogP contribution in [0.25, 0.3) is 11.1 Å². The lowest BCUT2D eigenvalue weighted by molar-refractivity contribution is -0.141. The van der Waals surface area contributed by atoms with Gasteiger partial charge in [0, 0.05) is 24.5 Å². The number of aliphatic carboxylic acids is 1. The molecular formula is C31H38N2O3. The lowest BCUT2D eigenvalue weighted by Gasteiger charge is -2.31. The van der Waals surface area contributed by atoms with Crippen molar-refractivity contribution in [3.8, 4) is 16.9 Å². The van der Waals surface area contributed by atoms with Gasteiger partial charge in [-0.3, -0.25) is 14.7 Å². The Labute approximate surface area is 215 Å². The van der Waals surface area contributed by atoms with Gasteiger partial charge in [-0.05, 0) is 104 Å². The van der Waals surface area contributed by atoms with Crippen molar-refractivity contribution in [2.75, 3.05) is 6.54 Å². The Hall–Kier alpha value is -3.18. The van der Waals surface area contributed by atoms with E-state index in [1.165, 1.54) is 27.8 Å². The van der Waals surface area contributed by atoms with Gasteiger partial charge >= 0.3 is 5.97 Å². The van der Waals surface area contributed by atoms with Gasteiger partial charge in [0.1, 0.15) is 11.9 Å². The molecule has 1 aliphatic rings. The minimum absolute atomic E-state index is 0.0289. The van der Waals surface area contributed by atoms with E-state index in [4.69, 9.17) is 4.74 Å². The monoisotopic (exact) mass is 486 g/mol. The van der Waals surface area contributed by atoms with Gasteiger partial charge in [0.05, 0.1) is 5.92 Å². The molecule has 5 heteroatoms. The van der Waals surface area contributed by atoms with Gasteiger partial charge in [0.15, 0.2) is 0 Å². The minimum Gasteiger partial charge on any atom is -0.485 e. The van der Waals surface area contributed by atoms with Gasteiger partial charge in [0.2, 0.25) is 0 Å². The van der Waals surface area contributed by atoms with Crippen LogP contribution in [0.4, 0.5) is 0 Å². The summed E-state index contributed by atoms with van der Waals surface area (Å²) >= 11 is 0. The predicted octanol–water partition coefficient (Wildman–Crippen LogP) is 6.62. The molecule has 2 heterocycles. The number of carbonyl (C=O) groups is 1. The molecule has 0 radical (unpaired) electrons. The topological polar surface area (TPSA) is 62.7 Å². The SMILES string of the molecule is CCN(Cc1cc(-c2ccnc(C)c2)ccc1C1CCc2ccc(CC(C)C(=O)O)cc2O1)C(C)C. The van der Waals surface area contributed by atoms with E-state index in [2.05, 4.69) is 67.1 Å². The van der Waals surface area contributed by atoms with Gasteiger partial charge in [-0.2, -0.15) is 0 Å². The van der Waals surface area contributed by atoms with Crippen LogP contribution in [0.15, 0.2) is 54.7 Å². The second-order valence-electron chi connectivity index (χ2n) is 10.3. The van der Waals surface area contributed by atoms with E-state index < -0.39 is 11.9 Å². The molecule has 2 atom stereocenters. The van der Waals surface area contributed by atoms with Crippen LogP contribution >= 0.6 is 0 Å². The number of ether oxygens (including phenoxy) is 1. The van der Waals surface area contributed by atoms with Crippen molar-refractivity contribution in [1.82, 2.24) is 9.88 Å². The first kappa shape index (κ1) is 25.9. The number of carboxylic acid groups (broad SMARTS) is 1. The number of aryl methyl sites for hydroxylation is 2. The highest BCUT2D eigenvalue weighted by Crippen LogP contribution is 2.38. The van der Waals surface area contributed by atoms with Crippen LogP contribution in [0, 0.1) is 12.8 Å². The van der Waals surface area contributed by atoms with E-state index >= 15 is 0 Å². The number of aromatic nitrogens is 1. The normalized spacial score (nSPS) is 16.0. The molecule has 0 saturated carbocycles. The molecule has 0 amide bonds. The van der Waals surface area contributed by atoms with Crippen molar-refractivity contribution in [1.29, 1.82) is 0 Å². The van der Waals surface area contributed by atoms with E-state index in [0.717, 1.165) is 42.9 Å². The zero-order valence-electron chi connectivity index (χ0n) is 22.1. The number of carboxylic acids is 1. The molecule has 2 unspecified atom stereocenters. The van der Waals surface area contributed by atoms with Crippen molar-refractivity contribution in [3.63, 3.8) is 0 Å². The summed E-state index contributed by atoms with van der Waals surface area (Å²) in [5, 5.41) is 9.32. The Morgan fingerprint density at radius 3 is 2.58 bits per heavy atom. The molecule has 0 spiro atoms. The van der Waals surface area contributed by atoms with Crippen LogP contribution in [0.2, 0.25) is 0 Å². The predicted molar refractivity (Wildman–Crippen MR) is 144 cm³/mol. The van der Waals surface area contributed by atoms with Crippen molar-refractivity contribution in [3.05, 3.63) is 82.7 Å². The number of benzene rings is 2. The van der Waals surface area contributed by atoms with E-state index in [-0.39, 0.29) is 6.10 Å². The summed E-state index contributed by atoms with van der Waals surface area (Å²) in [6.45, 7) is 12.3. The fraction of sp³-hybridized carbons (Fsp3) is 0.419. The van der Waals surface area contributed by atoms with Gasteiger partial charge in [-0.25, -0.2) is 0 Å². The third-order valence-electron chi connectivity index (χ3n) is 7.27. The van der Waals surface area contributed by atoms with Gasteiger partial charge in [-0.15, -0.1) is 0 Å². The molecule has 1 aliphatic heterocycles. The van der Waals surface area contributed by atoms with Crippen molar-refractivity contribution >= 4 is 5.97 Å². The lowest BCUT2D eigenvalue weighted by Crippen LogP contribution is -2.31. The molecule has 190 valence electrons. The van der Waals surface area contributed by atoms with Crippen molar-refractivity contribution in [2.24, 2.45) is 5.92 Å². The number of hydrogen-bond acceptors (Lipinski definition) is 4. The summed E-state index contributed by atoms with van der Waals surface area (Å²) < 4.78 is 6.61. The fourth-order valence-electron chi connectivity index (χ4n) is 5.04. The molecule has 4 rings (SSSR count). The molecule has 0 aliphatic carbocycles. The lowest BCUT2D eigenvalue weighted by atomic mass is 9.90. The third kappa shape index (κ3) is 5.96. The second kappa shape index (κ2) is 11.3. The molecule has 1 aromatic heterocycles. The first-order valence-electron chi connectivity index (χ1n) is 13.1. The molecule has 1 N–H and O–H groups in total. The highest BCUT2D eigenvalue weighted by atomic mass is 16.5. The number of fused-ring (bicyclic) bond motifs is 1. The number of pyridine rings is 1. The average Bonchev–Trinajstić information content (AvgIpc) is 2.86. The van der Waals surface area contributed by atoms with Gasteiger partial charge < -0.3 is 9.84 Å². The first-order valence-corrected chi connectivity index (χ1v) is 13.1. The number of rotatable bonds is 9. The molecular weight excluding hydrogens is 448 g/mol. The van der Waals surface area contributed by atoms with Crippen LogP contribution in [-0.4, -0.2) is 33.5 Å². The Balaban J connectivity index is 1.67. The van der Waals surface area contributed by atoms with Gasteiger partial charge in [-0.1, -0.05) is 38.1 Å². The molecule has 36 heavy (non-hydrogen) atoms. The third-order valence-corrected chi connectivity index (χ3v) is 7.27. The van der Waals surface area contributed by atoms with E-state index in [0.29, 0.717) is 12.5 Å². The summed E-state index contributed by atoms with van der Waals surface area (Å²) in [5.41, 5.74) is 8.11. The summed E-state index contributed by atoms with van der Waals surface area (Å²) in [6, 6.07) is 17.6. The summed E-state index contributed by atoms with van der Waals surface area (Å²) in [7, 11) is 0. The molecule has 0 saturated heterocycles. The van der Waals surface area contributed by atoms with Crippen LogP contribution < -0.4 is 4.74 Å². The maximum atomic E-state index is 11.3. The van der Waals surface area contributed by atoms with Crippen LogP contribution in [0.1, 0.15) is 68.2 Å². The van der Waals surface area contributed by atoms with Crippen LogP contribution in [0.5, 0.6) is 5.75 Å². The van der Waals surface area contributed by atoms with Crippen molar-refractivity contribution < 1.29 is 14.6 Å². The zero-order chi connectivity index (χ0) is 25.8. The molecule has 0 fully saturated rings. The van der Waals surface area contributed by atoms with Crippen molar-refractivity contribution in [2.45, 2.75) is 72.6 Å². The maximum Gasteiger partial charge on any atom is 0.306 e. The quantitative estimate of drug-likeness (QED) is 0.368. The average molecular weight is 487 g/mol. The van der Waals surface area contributed by atoms with E-state index in [1.54, 1.807) is 6.92 Å². The summed E-state index contributed by atoms with van der Waals surface area (Å²) in [4.78, 5) is 18.2. The Kier molecular flexibility index (Phi) is 8.10. The molecule has 3 aromatic rings. The maximum absolute atomic E-state index is 11.3. The summed E-state index contributed by atoms with van der Waals surface area (Å²) in [6.07, 6.45) is 4.21. The molecule has 2 aromatic carbocycles. The highest BCUT2D eigenvalue weighted by Gasteiger charge is 2.25. The Morgan fingerprint density at radius 2 is 1.89 bits per heavy atom. The zero-order valence-corrected chi connectivity index (χ0v) is 22.1. The largest absolute Gasteiger partial charge is 0.485 e. The second-order valence-corrected chi connectivity index (χ2v) is 10.3. The Bertz CT molecular complexity index is 1220. The smallest absolute Gasteiger partial charge is 0.306 e. The van der Waals surface area contributed by atoms with Crippen LogP contribution in [0.3, 0.4) is 0 Å². The van der Waals surface area contributed by atoms with Gasteiger partial charge in [0.25, 0.3) is 0 Å². The van der Waals surface area contributed by atoms with E-state index in [1.807, 2.05) is 25.3 Å². The molecule has 0 bridgehead atoms. The van der Waals surface area contributed by atoms with E-state index in [9.17, 15) is 9.90 Å². The standard InChI is InChI=1S/C31H38N2O3/c1-6-33(20(2)3)19-27-18-25(26-13-14-32-22(5)16-26)9-11-28(27)29-12-10-24-8-7-23(17-30(24)36-29)15-21(4)31(34)35/h7-9,11,13-14,16-18,20-21,29H,6,10,12,15,19H2,1-5H3,(H,34,35). The minimum atomic E-state index is -0.772. The number of hydrogen-bond donors (Lipinski definition) is 1. The highest BCUT2D eigenvalue weighted by molar-refractivity contribution is 5.70. The summed E-state index contributed by atoms with van der Waals surface area (Å²) in [5.74, 6) is -0.307. The molecule has 5 nitrogen and oxygen atoms in total.